The van der Waals surface area contributed by atoms with Crippen molar-refractivity contribution < 1.29 is 28.7 Å². The largest absolute Gasteiger partial charge is 0.493 e. The van der Waals surface area contributed by atoms with Gasteiger partial charge in [-0.1, -0.05) is 0 Å². The number of rotatable bonds is 6. The number of hydroxylamine groups is 2. The Labute approximate surface area is 159 Å². The fourth-order valence-corrected chi connectivity index (χ4v) is 2.62. The molecule has 3 rings (SSSR count). The number of carbonyl (C=O) groups excluding carboxylic acids is 3. The van der Waals surface area contributed by atoms with Crippen molar-refractivity contribution >= 4 is 17.8 Å². The first-order valence-corrected chi connectivity index (χ1v) is 8.30. The van der Waals surface area contributed by atoms with E-state index in [-0.39, 0.29) is 12.8 Å². The van der Waals surface area contributed by atoms with E-state index >= 15 is 0 Å². The molecule has 1 aliphatic heterocycles. The minimum Gasteiger partial charge on any atom is -0.493 e. The second-order valence-electron chi connectivity index (χ2n) is 5.83. The van der Waals surface area contributed by atoms with Crippen LogP contribution in [0, 0.1) is 0 Å². The first-order chi connectivity index (χ1) is 13.4. The summed E-state index contributed by atoms with van der Waals surface area (Å²) in [6.45, 7) is -0.559. The molecule has 1 saturated heterocycles. The SMILES string of the molecule is COc1ccc(-c2ccc(=O)n(CC(=O)ON3C(=O)CCC3=O)n2)cc1OC. The van der Waals surface area contributed by atoms with Gasteiger partial charge in [-0.25, -0.2) is 9.48 Å². The first-order valence-electron chi connectivity index (χ1n) is 8.30. The summed E-state index contributed by atoms with van der Waals surface area (Å²) in [4.78, 5) is 51.9. The van der Waals surface area contributed by atoms with Crippen molar-refractivity contribution in [3.05, 3.63) is 40.7 Å². The standard InChI is InChI=1S/C18H17N3O7/c1-26-13-5-3-11(9-14(13)27-2)12-4-6-15(22)20(19-12)10-18(25)28-21-16(23)7-8-17(21)24/h3-6,9H,7-8,10H2,1-2H3. The van der Waals surface area contributed by atoms with Crippen LogP contribution >= 0.6 is 0 Å². The zero-order valence-electron chi connectivity index (χ0n) is 15.2. The minimum absolute atomic E-state index is 0.0148. The van der Waals surface area contributed by atoms with Crippen molar-refractivity contribution in [2.45, 2.75) is 19.4 Å². The Morgan fingerprint density at radius 3 is 2.32 bits per heavy atom. The maximum Gasteiger partial charge on any atom is 0.354 e. The fourth-order valence-electron chi connectivity index (χ4n) is 2.62. The van der Waals surface area contributed by atoms with Crippen LogP contribution in [-0.2, 0) is 25.8 Å². The number of amides is 2. The van der Waals surface area contributed by atoms with Crippen molar-refractivity contribution in [2.75, 3.05) is 14.2 Å². The predicted octanol–water partition coefficient (Wildman–Crippen LogP) is 0.535. The molecule has 0 unspecified atom stereocenters. The summed E-state index contributed by atoms with van der Waals surface area (Å²) in [5.74, 6) is -1.15. The molecule has 1 aromatic heterocycles. The Balaban J connectivity index is 1.82. The number of nitrogens with zero attached hydrogens (tertiary/aromatic N) is 3. The molecule has 28 heavy (non-hydrogen) atoms. The van der Waals surface area contributed by atoms with Crippen LogP contribution in [0.25, 0.3) is 11.3 Å². The van der Waals surface area contributed by atoms with Crippen molar-refractivity contribution in [3.63, 3.8) is 0 Å². The van der Waals surface area contributed by atoms with Gasteiger partial charge in [-0.3, -0.25) is 14.4 Å². The molecular weight excluding hydrogens is 370 g/mol. The lowest BCUT2D eigenvalue weighted by molar-refractivity contribution is -0.198. The van der Waals surface area contributed by atoms with Gasteiger partial charge in [0.1, 0.15) is 6.54 Å². The first kappa shape index (κ1) is 19.1. The van der Waals surface area contributed by atoms with Crippen LogP contribution in [0.15, 0.2) is 35.1 Å². The van der Waals surface area contributed by atoms with E-state index in [0.717, 1.165) is 4.68 Å². The van der Waals surface area contributed by atoms with Crippen molar-refractivity contribution in [3.8, 4) is 22.8 Å². The lowest BCUT2D eigenvalue weighted by Gasteiger charge is -2.13. The lowest BCUT2D eigenvalue weighted by atomic mass is 10.1. The number of benzene rings is 1. The van der Waals surface area contributed by atoms with E-state index < -0.39 is 29.9 Å². The molecule has 0 atom stereocenters. The zero-order valence-corrected chi connectivity index (χ0v) is 15.2. The minimum atomic E-state index is -0.956. The third-order valence-electron chi connectivity index (χ3n) is 4.02. The second-order valence-corrected chi connectivity index (χ2v) is 5.83. The molecule has 1 aliphatic rings. The van der Waals surface area contributed by atoms with Gasteiger partial charge in [-0.15, -0.1) is 5.06 Å². The van der Waals surface area contributed by atoms with E-state index in [0.29, 0.717) is 27.8 Å². The molecule has 146 valence electrons. The van der Waals surface area contributed by atoms with Gasteiger partial charge in [0.25, 0.3) is 17.4 Å². The molecule has 10 nitrogen and oxygen atoms in total. The maximum absolute atomic E-state index is 12.0. The summed E-state index contributed by atoms with van der Waals surface area (Å²) in [5.41, 5.74) is 0.492. The van der Waals surface area contributed by atoms with Crippen LogP contribution in [0.3, 0.4) is 0 Å². The van der Waals surface area contributed by atoms with Crippen LogP contribution in [0.2, 0.25) is 0 Å². The van der Waals surface area contributed by atoms with Gasteiger partial charge >= 0.3 is 5.97 Å². The van der Waals surface area contributed by atoms with E-state index in [9.17, 15) is 19.2 Å². The van der Waals surface area contributed by atoms with Crippen molar-refractivity contribution in [1.29, 1.82) is 0 Å². The summed E-state index contributed by atoms with van der Waals surface area (Å²) in [7, 11) is 3.00. The number of hydrogen-bond donors (Lipinski definition) is 0. The molecule has 0 radical (unpaired) electrons. The van der Waals surface area contributed by atoms with E-state index in [1.807, 2.05) is 0 Å². The van der Waals surface area contributed by atoms with Crippen molar-refractivity contribution in [1.82, 2.24) is 14.8 Å². The van der Waals surface area contributed by atoms with Gasteiger partial charge in [0, 0.05) is 24.5 Å². The van der Waals surface area contributed by atoms with Gasteiger partial charge in [-0.05, 0) is 24.3 Å². The number of ether oxygens (including phenoxy) is 2. The molecule has 2 amide bonds. The van der Waals surface area contributed by atoms with Crippen molar-refractivity contribution in [2.24, 2.45) is 0 Å². The number of carbonyl (C=O) groups is 3. The average Bonchev–Trinajstić information content (AvgIpc) is 3.01. The predicted molar refractivity (Wildman–Crippen MR) is 94.2 cm³/mol. The van der Waals surface area contributed by atoms with Crippen LogP contribution < -0.4 is 15.0 Å². The van der Waals surface area contributed by atoms with Crippen LogP contribution in [0.4, 0.5) is 0 Å². The Bertz CT molecular complexity index is 983. The summed E-state index contributed by atoms with van der Waals surface area (Å²) in [6, 6.07) is 7.83. The summed E-state index contributed by atoms with van der Waals surface area (Å²) < 4.78 is 11.3. The number of aromatic nitrogens is 2. The van der Waals surface area contributed by atoms with Gasteiger partial charge < -0.3 is 14.3 Å². The molecule has 1 aromatic carbocycles. The average molecular weight is 387 g/mol. The molecule has 2 aromatic rings. The second kappa shape index (κ2) is 7.91. The van der Waals surface area contributed by atoms with E-state index in [4.69, 9.17) is 14.3 Å². The third kappa shape index (κ3) is 3.85. The topological polar surface area (TPSA) is 117 Å². The highest BCUT2D eigenvalue weighted by molar-refractivity contribution is 6.01. The van der Waals surface area contributed by atoms with Crippen LogP contribution in [0.1, 0.15) is 12.8 Å². The molecule has 0 spiro atoms. The van der Waals surface area contributed by atoms with E-state index in [1.54, 1.807) is 18.2 Å². The summed E-state index contributed by atoms with van der Waals surface area (Å²) in [6.07, 6.45) is -0.0296. The molecular formula is C18H17N3O7. The molecule has 0 saturated carbocycles. The highest BCUT2D eigenvalue weighted by Crippen LogP contribution is 2.31. The molecule has 0 aliphatic carbocycles. The monoisotopic (exact) mass is 387 g/mol. The fraction of sp³-hybridized carbons (Fsp3) is 0.278. The summed E-state index contributed by atoms with van der Waals surface area (Å²) in [5, 5.41) is 4.57. The smallest absolute Gasteiger partial charge is 0.354 e. The van der Waals surface area contributed by atoms with Gasteiger partial charge in [-0.2, -0.15) is 5.10 Å². The van der Waals surface area contributed by atoms with Gasteiger partial charge in [0.2, 0.25) is 0 Å². The van der Waals surface area contributed by atoms with Gasteiger partial charge in [0.05, 0.1) is 19.9 Å². The third-order valence-corrected chi connectivity index (χ3v) is 4.02. The molecule has 0 N–H and O–H groups in total. The quantitative estimate of drug-likeness (QED) is 0.659. The molecule has 10 heteroatoms. The number of imide groups is 1. The molecule has 2 heterocycles. The Morgan fingerprint density at radius 1 is 1.00 bits per heavy atom. The zero-order chi connectivity index (χ0) is 20.3. The Morgan fingerprint density at radius 2 is 1.68 bits per heavy atom. The maximum atomic E-state index is 12.0. The van der Waals surface area contributed by atoms with E-state index in [2.05, 4.69) is 5.10 Å². The Hall–Kier alpha value is -3.69. The molecule has 1 fully saturated rings. The normalized spacial score (nSPS) is 13.6. The van der Waals surface area contributed by atoms with Crippen LogP contribution in [-0.4, -0.2) is 46.8 Å². The van der Waals surface area contributed by atoms with E-state index in [1.165, 1.54) is 26.4 Å². The highest BCUT2D eigenvalue weighted by Gasteiger charge is 2.33. The van der Waals surface area contributed by atoms with Gasteiger partial charge in [0.15, 0.2) is 11.5 Å². The van der Waals surface area contributed by atoms with Crippen LogP contribution in [0.5, 0.6) is 11.5 Å². The Kier molecular flexibility index (Phi) is 5.39. The lowest BCUT2D eigenvalue weighted by Crippen LogP contribution is -2.35. The number of hydrogen-bond acceptors (Lipinski definition) is 8. The molecule has 0 bridgehead atoms. The highest BCUT2D eigenvalue weighted by atomic mass is 16.7. The number of methoxy groups -OCH3 is 2. The summed E-state index contributed by atoms with van der Waals surface area (Å²) >= 11 is 0.